The lowest BCUT2D eigenvalue weighted by Crippen LogP contribution is -2.21. The zero-order chi connectivity index (χ0) is 17.7. The van der Waals surface area contributed by atoms with Gasteiger partial charge in [-0.1, -0.05) is 27.5 Å². The van der Waals surface area contributed by atoms with Gasteiger partial charge in [0.25, 0.3) is 5.91 Å². The topological polar surface area (TPSA) is 64.6 Å². The highest BCUT2D eigenvalue weighted by Crippen LogP contribution is 2.24. The molecule has 0 aliphatic carbocycles. The van der Waals surface area contributed by atoms with Gasteiger partial charge in [0.05, 0.1) is 23.4 Å². The second-order valence-corrected chi connectivity index (χ2v) is 5.92. The zero-order valence-electron chi connectivity index (χ0n) is 12.4. The summed E-state index contributed by atoms with van der Waals surface area (Å²) in [7, 11) is 1.25. The predicted octanol–water partition coefficient (Wildman–Crippen LogP) is 4.05. The van der Waals surface area contributed by atoms with Crippen LogP contribution in [0, 0.1) is 5.82 Å². The van der Waals surface area contributed by atoms with Crippen molar-refractivity contribution in [2.45, 2.75) is 0 Å². The van der Waals surface area contributed by atoms with Crippen LogP contribution in [0.2, 0.25) is 5.02 Å². The fraction of sp³-hybridized carbons (Fsp3) is 0.125. The molecule has 1 N–H and O–H groups in total. The van der Waals surface area contributed by atoms with Gasteiger partial charge in [0.15, 0.2) is 18.2 Å². The van der Waals surface area contributed by atoms with Crippen LogP contribution in [0.25, 0.3) is 0 Å². The number of carbonyl (C=O) groups excluding carboxylic acids is 2. The van der Waals surface area contributed by atoms with E-state index in [1.807, 2.05) is 0 Å². The van der Waals surface area contributed by atoms with E-state index in [0.717, 1.165) is 0 Å². The number of rotatable bonds is 5. The fourth-order valence-corrected chi connectivity index (χ4v) is 2.29. The molecule has 0 atom stereocenters. The number of halogens is 3. The van der Waals surface area contributed by atoms with E-state index in [-0.39, 0.29) is 22.0 Å². The monoisotopic (exact) mass is 415 g/mol. The molecule has 1 amide bonds. The van der Waals surface area contributed by atoms with Crippen LogP contribution in [0.1, 0.15) is 10.4 Å². The van der Waals surface area contributed by atoms with Crippen molar-refractivity contribution in [2.24, 2.45) is 0 Å². The van der Waals surface area contributed by atoms with E-state index in [2.05, 4.69) is 26.0 Å². The number of carbonyl (C=O) groups is 2. The maximum absolute atomic E-state index is 13.6. The van der Waals surface area contributed by atoms with Gasteiger partial charge in [-0.3, -0.25) is 4.79 Å². The molecule has 2 rings (SSSR count). The number of benzene rings is 2. The Hall–Kier alpha value is -2.12. The lowest BCUT2D eigenvalue weighted by atomic mass is 10.2. The minimum atomic E-state index is -0.595. The number of amides is 1. The van der Waals surface area contributed by atoms with Gasteiger partial charge in [-0.2, -0.15) is 0 Å². The van der Waals surface area contributed by atoms with Crippen LogP contribution in [0.5, 0.6) is 5.75 Å². The molecule has 8 heteroatoms. The van der Waals surface area contributed by atoms with E-state index in [4.69, 9.17) is 16.3 Å². The quantitative estimate of drug-likeness (QED) is 0.747. The third-order valence-corrected chi connectivity index (χ3v) is 3.74. The predicted molar refractivity (Wildman–Crippen MR) is 91.0 cm³/mol. The molecular formula is C16H12BrClFNO4. The molecule has 0 aliphatic rings. The smallest absolute Gasteiger partial charge is 0.337 e. The van der Waals surface area contributed by atoms with Crippen molar-refractivity contribution in [3.05, 3.63) is 57.3 Å². The Bertz CT molecular complexity index is 785. The summed E-state index contributed by atoms with van der Waals surface area (Å²) in [6.45, 7) is -0.419. The summed E-state index contributed by atoms with van der Waals surface area (Å²) >= 11 is 9.10. The van der Waals surface area contributed by atoms with E-state index in [1.54, 1.807) is 6.07 Å². The van der Waals surface area contributed by atoms with E-state index in [0.29, 0.717) is 4.47 Å². The Morgan fingerprint density at radius 2 is 2.00 bits per heavy atom. The largest absolute Gasteiger partial charge is 0.481 e. The third-order valence-electron chi connectivity index (χ3n) is 2.91. The first-order valence-electron chi connectivity index (χ1n) is 6.66. The maximum atomic E-state index is 13.6. The van der Waals surface area contributed by atoms with Crippen LogP contribution < -0.4 is 10.1 Å². The minimum Gasteiger partial charge on any atom is -0.481 e. The van der Waals surface area contributed by atoms with Gasteiger partial charge in [0.1, 0.15) is 0 Å². The zero-order valence-corrected chi connectivity index (χ0v) is 14.8. The van der Waals surface area contributed by atoms with Crippen molar-refractivity contribution < 1.29 is 23.5 Å². The first-order chi connectivity index (χ1) is 11.4. The lowest BCUT2D eigenvalue weighted by molar-refractivity contribution is -0.118. The molecule has 24 heavy (non-hydrogen) atoms. The van der Waals surface area contributed by atoms with Crippen LogP contribution in [0.15, 0.2) is 40.9 Å². The van der Waals surface area contributed by atoms with Gasteiger partial charge >= 0.3 is 5.97 Å². The Labute approximate surface area is 150 Å². The lowest BCUT2D eigenvalue weighted by Gasteiger charge is -2.10. The molecule has 0 spiro atoms. The molecule has 0 radical (unpaired) electrons. The average molecular weight is 417 g/mol. The number of methoxy groups -OCH3 is 1. The van der Waals surface area contributed by atoms with Gasteiger partial charge in [0, 0.05) is 4.47 Å². The summed E-state index contributed by atoms with van der Waals surface area (Å²) in [4.78, 5) is 23.4. The highest BCUT2D eigenvalue weighted by atomic mass is 79.9. The number of nitrogens with one attached hydrogen (secondary N) is 1. The van der Waals surface area contributed by atoms with Crippen LogP contribution in [0.3, 0.4) is 0 Å². The van der Waals surface area contributed by atoms with Crippen molar-refractivity contribution in [1.29, 1.82) is 0 Å². The average Bonchev–Trinajstić information content (AvgIpc) is 2.55. The van der Waals surface area contributed by atoms with Gasteiger partial charge in [-0.25, -0.2) is 9.18 Å². The third kappa shape index (κ3) is 4.69. The molecule has 0 aliphatic heterocycles. The van der Waals surface area contributed by atoms with E-state index < -0.39 is 24.3 Å². The van der Waals surface area contributed by atoms with Crippen LogP contribution >= 0.6 is 27.5 Å². The molecule has 0 aromatic heterocycles. The first-order valence-corrected chi connectivity index (χ1v) is 7.83. The van der Waals surface area contributed by atoms with Crippen molar-refractivity contribution in [2.75, 3.05) is 19.0 Å². The Morgan fingerprint density at radius 3 is 2.67 bits per heavy atom. The summed E-state index contributed by atoms with van der Waals surface area (Å²) in [6, 6.07) is 8.52. The molecule has 0 heterocycles. The van der Waals surface area contributed by atoms with Crippen LogP contribution in [0.4, 0.5) is 10.1 Å². The van der Waals surface area contributed by atoms with E-state index in [9.17, 15) is 14.0 Å². The summed E-state index contributed by atoms with van der Waals surface area (Å²) in [6.07, 6.45) is 0. The molecule has 0 fully saturated rings. The molecular weight excluding hydrogens is 405 g/mol. The van der Waals surface area contributed by atoms with Crippen molar-refractivity contribution in [3.63, 3.8) is 0 Å². The van der Waals surface area contributed by atoms with Crippen LogP contribution in [-0.2, 0) is 9.53 Å². The van der Waals surface area contributed by atoms with Gasteiger partial charge < -0.3 is 14.8 Å². The number of ether oxygens (including phenoxy) is 2. The van der Waals surface area contributed by atoms with E-state index in [1.165, 1.54) is 37.4 Å². The van der Waals surface area contributed by atoms with Crippen molar-refractivity contribution in [3.8, 4) is 5.75 Å². The number of hydrogen-bond donors (Lipinski definition) is 1. The second-order valence-electron chi connectivity index (χ2n) is 4.60. The van der Waals surface area contributed by atoms with Gasteiger partial charge in [-0.15, -0.1) is 0 Å². The summed E-state index contributed by atoms with van der Waals surface area (Å²) in [5.41, 5.74) is 0.460. The minimum absolute atomic E-state index is 0.0530. The van der Waals surface area contributed by atoms with Crippen molar-refractivity contribution in [1.82, 2.24) is 0 Å². The highest BCUT2D eigenvalue weighted by Gasteiger charge is 2.12. The van der Waals surface area contributed by atoms with Gasteiger partial charge in [-0.05, 0) is 36.4 Å². The molecule has 2 aromatic rings. The summed E-state index contributed by atoms with van der Waals surface area (Å²) in [5.74, 6) is -1.76. The van der Waals surface area contributed by atoms with Crippen molar-refractivity contribution >= 4 is 45.1 Å². The van der Waals surface area contributed by atoms with E-state index >= 15 is 0 Å². The highest BCUT2D eigenvalue weighted by molar-refractivity contribution is 9.10. The number of hydrogen-bond acceptors (Lipinski definition) is 4. The van der Waals surface area contributed by atoms with Gasteiger partial charge in [0.2, 0.25) is 0 Å². The molecule has 2 aromatic carbocycles. The van der Waals surface area contributed by atoms with Crippen LogP contribution in [-0.4, -0.2) is 25.6 Å². The Kier molecular flexibility index (Phi) is 6.16. The summed E-state index contributed by atoms with van der Waals surface area (Å²) in [5, 5.41) is 2.74. The second kappa shape index (κ2) is 8.12. The molecule has 0 saturated carbocycles. The molecule has 5 nitrogen and oxygen atoms in total. The Morgan fingerprint density at radius 1 is 1.25 bits per heavy atom. The normalized spacial score (nSPS) is 10.2. The number of esters is 1. The summed E-state index contributed by atoms with van der Waals surface area (Å²) < 4.78 is 23.9. The molecule has 0 saturated heterocycles. The maximum Gasteiger partial charge on any atom is 0.337 e. The first kappa shape index (κ1) is 18.2. The molecule has 126 valence electrons. The molecule has 0 bridgehead atoms. The SMILES string of the molecule is COC(=O)c1ccc(Cl)c(NC(=O)COc2ccc(Br)cc2F)c1. The fourth-order valence-electron chi connectivity index (χ4n) is 1.79. The Balaban J connectivity index is 2.03. The standard InChI is InChI=1S/C16H12BrClFNO4/c1-23-16(22)9-2-4-11(18)13(6-9)20-15(21)8-24-14-5-3-10(17)7-12(14)19/h2-7H,8H2,1H3,(H,20,21). The molecule has 0 unspecified atom stereocenters. The number of anilines is 1.